The minimum absolute atomic E-state index is 1.20. The van der Waals surface area contributed by atoms with Crippen molar-refractivity contribution in [2.75, 3.05) is 18.0 Å². The van der Waals surface area contributed by atoms with Gasteiger partial charge in [0.25, 0.3) is 0 Å². The smallest absolute Gasteiger partial charge is 0.0582 e. The molecule has 2 rings (SSSR count). The second-order valence-electron chi connectivity index (χ2n) is 4.06. The van der Waals surface area contributed by atoms with Gasteiger partial charge in [-0.3, -0.25) is 4.98 Å². The molecule has 1 aromatic rings. The van der Waals surface area contributed by atoms with Crippen molar-refractivity contribution >= 4 is 5.69 Å². The van der Waals surface area contributed by atoms with Crippen molar-refractivity contribution in [1.82, 2.24) is 4.98 Å². The summed E-state index contributed by atoms with van der Waals surface area (Å²) in [6.45, 7) is 8.57. The lowest BCUT2D eigenvalue weighted by molar-refractivity contribution is 0.726. The average molecular weight is 220 g/mol. The fraction of sp³-hybridized carbons (Fsp3) is 0.643. The summed E-state index contributed by atoms with van der Waals surface area (Å²) in [6.07, 6.45) is 9.30. The van der Waals surface area contributed by atoms with Crippen molar-refractivity contribution < 1.29 is 0 Å². The van der Waals surface area contributed by atoms with Crippen LogP contribution in [-0.2, 0) is 0 Å². The summed E-state index contributed by atoms with van der Waals surface area (Å²) in [5, 5.41) is 0. The summed E-state index contributed by atoms with van der Waals surface area (Å²) in [7, 11) is 0. The van der Waals surface area contributed by atoms with Crippen LogP contribution in [0.2, 0.25) is 0 Å². The lowest BCUT2D eigenvalue weighted by atomic mass is 10.2. The van der Waals surface area contributed by atoms with E-state index in [1.54, 1.807) is 0 Å². The van der Waals surface area contributed by atoms with Gasteiger partial charge in [0.1, 0.15) is 0 Å². The number of aryl methyl sites for hydroxylation is 1. The summed E-state index contributed by atoms with van der Waals surface area (Å²) in [5.74, 6) is 0. The molecule has 1 aromatic heterocycles. The molecule has 0 amide bonds. The van der Waals surface area contributed by atoms with Crippen LogP contribution >= 0.6 is 0 Å². The van der Waals surface area contributed by atoms with Crippen LogP contribution in [0.1, 0.15) is 45.1 Å². The molecule has 2 heterocycles. The monoisotopic (exact) mass is 220 g/mol. The molecule has 1 aliphatic rings. The zero-order valence-electron chi connectivity index (χ0n) is 10.9. The Labute approximate surface area is 99.7 Å². The third-order valence-electron chi connectivity index (χ3n) is 2.96. The van der Waals surface area contributed by atoms with E-state index in [1.807, 2.05) is 26.2 Å². The van der Waals surface area contributed by atoms with Gasteiger partial charge in [0, 0.05) is 19.3 Å². The molecule has 0 saturated carbocycles. The van der Waals surface area contributed by atoms with E-state index in [1.165, 1.54) is 50.0 Å². The number of hydrogen-bond donors (Lipinski definition) is 0. The summed E-state index contributed by atoms with van der Waals surface area (Å²) in [6, 6.07) is 2.10. The maximum atomic E-state index is 4.21. The molecule has 16 heavy (non-hydrogen) atoms. The van der Waals surface area contributed by atoms with Gasteiger partial charge in [-0.15, -0.1) is 0 Å². The second kappa shape index (κ2) is 7.26. The molecule has 1 aliphatic heterocycles. The van der Waals surface area contributed by atoms with E-state index in [0.717, 1.165) is 0 Å². The van der Waals surface area contributed by atoms with Crippen molar-refractivity contribution in [3.63, 3.8) is 0 Å². The molecule has 0 unspecified atom stereocenters. The molecule has 2 nitrogen and oxygen atoms in total. The molecule has 2 heteroatoms. The van der Waals surface area contributed by atoms with Gasteiger partial charge in [0.05, 0.1) is 11.9 Å². The topological polar surface area (TPSA) is 16.1 Å². The number of rotatable bonds is 1. The first-order valence-corrected chi connectivity index (χ1v) is 6.53. The van der Waals surface area contributed by atoms with E-state index in [0.29, 0.717) is 0 Å². The van der Waals surface area contributed by atoms with Gasteiger partial charge in [-0.05, 0) is 31.4 Å². The van der Waals surface area contributed by atoms with Crippen LogP contribution in [-0.4, -0.2) is 18.1 Å². The van der Waals surface area contributed by atoms with E-state index in [9.17, 15) is 0 Å². The Kier molecular flexibility index (Phi) is 5.91. The van der Waals surface area contributed by atoms with Crippen molar-refractivity contribution in [1.29, 1.82) is 0 Å². The molecular weight excluding hydrogens is 196 g/mol. The van der Waals surface area contributed by atoms with E-state index < -0.39 is 0 Å². The van der Waals surface area contributed by atoms with Gasteiger partial charge in [-0.1, -0.05) is 26.7 Å². The van der Waals surface area contributed by atoms with Crippen LogP contribution in [0.3, 0.4) is 0 Å². The third-order valence-corrected chi connectivity index (χ3v) is 2.96. The highest BCUT2D eigenvalue weighted by Crippen LogP contribution is 2.21. The molecule has 0 spiro atoms. The lowest BCUT2D eigenvalue weighted by Crippen LogP contribution is -2.24. The summed E-state index contributed by atoms with van der Waals surface area (Å²) in [4.78, 5) is 6.69. The first-order chi connectivity index (χ1) is 7.88. The first kappa shape index (κ1) is 13.0. The maximum absolute atomic E-state index is 4.21. The van der Waals surface area contributed by atoms with Gasteiger partial charge < -0.3 is 4.90 Å². The second-order valence-corrected chi connectivity index (χ2v) is 4.06. The zero-order valence-corrected chi connectivity index (χ0v) is 10.9. The van der Waals surface area contributed by atoms with Crippen LogP contribution in [0.15, 0.2) is 18.5 Å². The SMILES string of the molecule is CC.Cc1ccncc1N1CCCCCC1. The fourth-order valence-corrected chi connectivity index (χ4v) is 2.10. The minimum Gasteiger partial charge on any atom is -0.370 e. The normalized spacial score (nSPS) is 16.1. The Hall–Kier alpha value is -1.05. The molecule has 0 radical (unpaired) electrons. The number of hydrogen-bond acceptors (Lipinski definition) is 2. The molecule has 0 N–H and O–H groups in total. The van der Waals surface area contributed by atoms with Gasteiger partial charge in [0.15, 0.2) is 0 Å². The molecular formula is C14H24N2. The third kappa shape index (κ3) is 3.51. The van der Waals surface area contributed by atoms with Gasteiger partial charge in [0.2, 0.25) is 0 Å². The van der Waals surface area contributed by atoms with E-state index in [2.05, 4.69) is 22.9 Å². The number of aromatic nitrogens is 1. The highest BCUT2D eigenvalue weighted by Gasteiger charge is 2.11. The number of nitrogens with zero attached hydrogens (tertiary/aromatic N) is 2. The first-order valence-electron chi connectivity index (χ1n) is 6.53. The Morgan fingerprint density at radius 3 is 2.25 bits per heavy atom. The molecule has 0 atom stereocenters. The van der Waals surface area contributed by atoms with Gasteiger partial charge >= 0.3 is 0 Å². The Morgan fingerprint density at radius 1 is 1.06 bits per heavy atom. The standard InChI is InChI=1S/C12H18N2.C2H6/c1-11-6-7-13-10-12(11)14-8-4-2-3-5-9-14;1-2/h6-7,10H,2-5,8-9H2,1H3;1-2H3. The van der Waals surface area contributed by atoms with Crippen molar-refractivity contribution in [2.45, 2.75) is 46.5 Å². The van der Waals surface area contributed by atoms with Crippen LogP contribution in [0.4, 0.5) is 5.69 Å². The summed E-state index contributed by atoms with van der Waals surface area (Å²) < 4.78 is 0. The highest BCUT2D eigenvalue weighted by molar-refractivity contribution is 5.50. The van der Waals surface area contributed by atoms with E-state index >= 15 is 0 Å². The molecule has 1 fully saturated rings. The van der Waals surface area contributed by atoms with E-state index in [-0.39, 0.29) is 0 Å². The van der Waals surface area contributed by atoms with E-state index in [4.69, 9.17) is 0 Å². The summed E-state index contributed by atoms with van der Waals surface area (Å²) >= 11 is 0. The van der Waals surface area contributed by atoms with Crippen molar-refractivity contribution in [3.8, 4) is 0 Å². The predicted molar refractivity (Wildman–Crippen MR) is 71.0 cm³/mol. The van der Waals surface area contributed by atoms with Gasteiger partial charge in [-0.2, -0.15) is 0 Å². The van der Waals surface area contributed by atoms with Crippen molar-refractivity contribution in [3.05, 3.63) is 24.0 Å². The minimum atomic E-state index is 1.20. The summed E-state index contributed by atoms with van der Waals surface area (Å²) in [5.41, 5.74) is 2.68. The molecule has 0 aromatic carbocycles. The largest absolute Gasteiger partial charge is 0.370 e. The van der Waals surface area contributed by atoms with Crippen LogP contribution < -0.4 is 4.90 Å². The predicted octanol–water partition coefficient (Wildman–Crippen LogP) is 3.80. The average Bonchev–Trinajstić information content (AvgIpc) is 2.61. The Morgan fingerprint density at radius 2 is 1.69 bits per heavy atom. The fourth-order valence-electron chi connectivity index (χ4n) is 2.10. The zero-order chi connectivity index (χ0) is 11.8. The number of pyridine rings is 1. The number of anilines is 1. The molecule has 90 valence electrons. The van der Waals surface area contributed by atoms with Crippen LogP contribution in [0.5, 0.6) is 0 Å². The molecule has 1 saturated heterocycles. The lowest BCUT2D eigenvalue weighted by Gasteiger charge is -2.23. The Balaban J connectivity index is 0.000000606. The molecule has 0 aliphatic carbocycles. The van der Waals surface area contributed by atoms with Gasteiger partial charge in [-0.25, -0.2) is 0 Å². The maximum Gasteiger partial charge on any atom is 0.0582 e. The van der Waals surface area contributed by atoms with Crippen molar-refractivity contribution in [2.24, 2.45) is 0 Å². The highest BCUT2D eigenvalue weighted by atomic mass is 15.1. The Bertz CT molecular complexity index is 289. The molecule has 0 bridgehead atoms. The van der Waals surface area contributed by atoms with Crippen LogP contribution in [0, 0.1) is 6.92 Å². The quantitative estimate of drug-likeness (QED) is 0.715. The van der Waals surface area contributed by atoms with Crippen LogP contribution in [0.25, 0.3) is 0 Å².